The topological polar surface area (TPSA) is 157 Å². The minimum Gasteiger partial charge on any atom is -0.346 e. The van der Waals surface area contributed by atoms with Gasteiger partial charge in [0.15, 0.2) is 0 Å². The standard InChI is InChI=1S/C35H56N6O6/c1-6-18-36-32(45)30(43)22(2)37-31(44)29-25-16-12-15-24(25)20-41(29)33(46)28(23-13-8-7-9-14-23)39-34(47)38-26(35(3,4)5)21-40-19-11-10-17-27(40)42/h6,22-26,28-29H,1,7-21H2,2-5H3,(H,36,45)(H,37,44)(H2,38,39,47)/t22?,24-,25-,26+,28-,29-/m0/s1. The predicted molar refractivity (Wildman–Crippen MR) is 178 cm³/mol. The highest BCUT2D eigenvalue weighted by atomic mass is 16.2. The Morgan fingerprint density at radius 3 is 2.32 bits per heavy atom. The van der Waals surface area contributed by atoms with Crippen molar-refractivity contribution in [3.63, 3.8) is 0 Å². The number of fused-ring (bicyclic) bond motifs is 1. The van der Waals surface area contributed by atoms with Gasteiger partial charge < -0.3 is 31.1 Å². The van der Waals surface area contributed by atoms with Crippen molar-refractivity contribution in [3.8, 4) is 0 Å². The van der Waals surface area contributed by atoms with E-state index in [-0.39, 0.29) is 47.6 Å². The van der Waals surface area contributed by atoms with Crippen molar-refractivity contribution in [2.75, 3.05) is 26.2 Å². The van der Waals surface area contributed by atoms with Gasteiger partial charge in [-0.25, -0.2) is 4.79 Å². The van der Waals surface area contributed by atoms with Crippen molar-refractivity contribution in [2.45, 2.75) is 122 Å². The average molecular weight is 657 g/mol. The van der Waals surface area contributed by atoms with E-state index in [0.29, 0.717) is 26.1 Å². The highest BCUT2D eigenvalue weighted by Gasteiger charge is 2.51. The van der Waals surface area contributed by atoms with Crippen molar-refractivity contribution < 1.29 is 28.8 Å². The van der Waals surface area contributed by atoms with Gasteiger partial charge in [-0.3, -0.25) is 24.0 Å². The van der Waals surface area contributed by atoms with E-state index < -0.39 is 41.8 Å². The van der Waals surface area contributed by atoms with E-state index in [1.807, 2.05) is 25.7 Å². The van der Waals surface area contributed by atoms with Gasteiger partial charge in [-0.05, 0) is 68.6 Å². The maximum atomic E-state index is 14.5. The second kappa shape index (κ2) is 16.1. The fourth-order valence-electron chi connectivity index (χ4n) is 7.86. The van der Waals surface area contributed by atoms with Crippen LogP contribution in [0, 0.1) is 23.2 Å². The van der Waals surface area contributed by atoms with Crippen molar-refractivity contribution in [1.82, 2.24) is 31.1 Å². The lowest BCUT2D eigenvalue weighted by atomic mass is 9.83. The molecule has 6 atom stereocenters. The molecular formula is C35H56N6O6. The SMILES string of the molecule is C=CCNC(=O)C(=O)C(C)NC(=O)[C@@H]1[C@H]2CCC[C@H]2CN1C(=O)[C@@H](NC(=O)N[C@H](CN1CCCCC1=O)C(C)(C)C)C1CCCCC1. The molecule has 1 unspecified atom stereocenters. The minimum atomic E-state index is -1.07. The van der Waals surface area contributed by atoms with E-state index in [9.17, 15) is 28.8 Å². The number of nitrogens with zero attached hydrogens (tertiary/aromatic N) is 2. The molecule has 4 fully saturated rings. The van der Waals surface area contributed by atoms with Gasteiger partial charge >= 0.3 is 6.03 Å². The van der Waals surface area contributed by atoms with Gasteiger partial charge in [0, 0.05) is 32.6 Å². The Kier molecular flexibility index (Phi) is 12.5. The van der Waals surface area contributed by atoms with E-state index in [0.717, 1.165) is 64.2 Å². The van der Waals surface area contributed by atoms with Crippen LogP contribution in [-0.2, 0) is 24.0 Å². The van der Waals surface area contributed by atoms with Crippen LogP contribution in [0.3, 0.4) is 0 Å². The molecule has 12 heteroatoms. The lowest BCUT2D eigenvalue weighted by molar-refractivity contribution is -0.144. The van der Waals surface area contributed by atoms with Crippen LogP contribution in [0.1, 0.15) is 98.3 Å². The number of rotatable bonds is 12. The Hall–Kier alpha value is -3.44. The monoisotopic (exact) mass is 656 g/mol. The Morgan fingerprint density at radius 2 is 1.66 bits per heavy atom. The molecule has 4 rings (SSSR count). The summed E-state index contributed by atoms with van der Waals surface area (Å²) in [7, 11) is 0. The summed E-state index contributed by atoms with van der Waals surface area (Å²) < 4.78 is 0. The lowest BCUT2D eigenvalue weighted by Crippen LogP contribution is -2.61. The summed E-state index contributed by atoms with van der Waals surface area (Å²) in [6, 6.07) is -3.46. The molecule has 4 N–H and O–H groups in total. The van der Waals surface area contributed by atoms with Crippen molar-refractivity contribution in [3.05, 3.63) is 12.7 Å². The van der Waals surface area contributed by atoms with Crippen molar-refractivity contribution in [2.24, 2.45) is 23.2 Å². The summed E-state index contributed by atoms with van der Waals surface area (Å²) in [5.41, 5.74) is -0.342. The maximum absolute atomic E-state index is 14.5. The van der Waals surface area contributed by atoms with Crippen molar-refractivity contribution in [1.29, 1.82) is 0 Å². The zero-order valence-electron chi connectivity index (χ0n) is 28.8. The molecule has 47 heavy (non-hydrogen) atoms. The summed E-state index contributed by atoms with van der Waals surface area (Å²) in [6.07, 6.45) is 11.0. The van der Waals surface area contributed by atoms with Gasteiger partial charge in [0.1, 0.15) is 12.1 Å². The normalized spacial score (nSPS) is 25.3. The first-order valence-corrected chi connectivity index (χ1v) is 17.7. The first-order chi connectivity index (χ1) is 22.3. The summed E-state index contributed by atoms with van der Waals surface area (Å²) >= 11 is 0. The number of nitrogens with one attached hydrogen (secondary N) is 4. The fourth-order valence-corrected chi connectivity index (χ4v) is 7.86. The average Bonchev–Trinajstić information content (AvgIpc) is 3.64. The molecule has 6 amide bonds. The molecule has 2 saturated heterocycles. The molecule has 0 radical (unpaired) electrons. The van der Waals surface area contributed by atoms with Crippen LogP contribution in [0.15, 0.2) is 12.7 Å². The van der Waals surface area contributed by atoms with Gasteiger partial charge in [-0.2, -0.15) is 0 Å². The fraction of sp³-hybridized carbons (Fsp3) is 0.771. The quantitative estimate of drug-likeness (QED) is 0.187. The lowest BCUT2D eigenvalue weighted by Gasteiger charge is -2.39. The number of amides is 6. The zero-order chi connectivity index (χ0) is 34.3. The molecule has 262 valence electrons. The van der Waals surface area contributed by atoms with E-state index >= 15 is 0 Å². The molecular weight excluding hydrogens is 600 g/mol. The van der Waals surface area contributed by atoms with E-state index in [1.165, 1.54) is 13.0 Å². The molecule has 0 bridgehead atoms. The molecule has 0 aromatic rings. The summed E-state index contributed by atoms with van der Waals surface area (Å²) in [5, 5.41) is 11.3. The smallest absolute Gasteiger partial charge is 0.315 e. The van der Waals surface area contributed by atoms with Crippen LogP contribution in [-0.4, -0.2) is 95.6 Å². The van der Waals surface area contributed by atoms with Crippen LogP contribution in [0.4, 0.5) is 4.79 Å². The number of piperidine rings is 1. The Morgan fingerprint density at radius 1 is 0.936 bits per heavy atom. The second-order valence-electron chi connectivity index (χ2n) is 15.1. The van der Waals surface area contributed by atoms with E-state index in [2.05, 4.69) is 27.8 Å². The second-order valence-corrected chi connectivity index (χ2v) is 15.1. The Balaban J connectivity index is 1.51. The number of hydrogen-bond donors (Lipinski definition) is 4. The largest absolute Gasteiger partial charge is 0.346 e. The van der Waals surface area contributed by atoms with Crippen LogP contribution in [0.25, 0.3) is 0 Å². The van der Waals surface area contributed by atoms with Crippen LogP contribution in [0.2, 0.25) is 0 Å². The van der Waals surface area contributed by atoms with Gasteiger partial charge in [0.05, 0.1) is 12.1 Å². The number of urea groups is 1. The number of hydrogen-bond acceptors (Lipinski definition) is 6. The van der Waals surface area contributed by atoms with Gasteiger partial charge in [-0.1, -0.05) is 52.5 Å². The summed E-state index contributed by atoms with van der Waals surface area (Å²) in [5.74, 6) is -2.16. The number of ketones is 1. The molecule has 12 nitrogen and oxygen atoms in total. The third-order valence-electron chi connectivity index (χ3n) is 10.7. The first kappa shape index (κ1) is 36.4. The van der Waals surface area contributed by atoms with Gasteiger partial charge in [0.2, 0.25) is 23.5 Å². The molecule has 2 saturated carbocycles. The molecule has 2 aliphatic heterocycles. The molecule has 0 aromatic heterocycles. The van der Waals surface area contributed by atoms with Crippen molar-refractivity contribution >= 4 is 35.4 Å². The molecule has 2 heterocycles. The number of likely N-dealkylation sites (tertiary alicyclic amines) is 2. The molecule has 4 aliphatic rings. The minimum absolute atomic E-state index is 0.0518. The van der Waals surface area contributed by atoms with E-state index in [4.69, 9.17) is 0 Å². The first-order valence-electron chi connectivity index (χ1n) is 17.7. The maximum Gasteiger partial charge on any atom is 0.315 e. The highest BCUT2D eigenvalue weighted by molar-refractivity contribution is 6.38. The third kappa shape index (κ3) is 9.13. The summed E-state index contributed by atoms with van der Waals surface area (Å²) in [4.78, 5) is 83.0. The third-order valence-corrected chi connectivity index (χ3v) is 10.7. The molecule has 0 aromatic carbocycles. The van der Waals surface area contributed by atoms with Gasteiger partial charge in [-0.15, -0.1) is 6.58 Å². The Bertz CT molecular complexity index is 1190. The van der Waals surface area contributed by atoms with Gasteiger partial charge in [0.25, 0.3) is 5.91 Å². The number of carbonyl (C=O) groups excluding carboxylic acids is 6. The van der Waals surface area contributed by atoms with E-state index in [1.54, 1.807) is 4.90 Å². The number of Topliss-reactive ketones (excluding diaryl/α,β-unsaturated/α-hetero) is 1. The predicted octanol–water partition coefficient (Wildman–Crippen LogP) is 2.66. The van der Waals surface area contributed by atoms with Crippen LogP contribution >= 0.6 is 0 Å². The molecule has 2 aliphatic carbocycles. The number of carbonyl (C=O) groups is 6. The Labute approximate surface area is 279 Å². The zero-order valence-corrected chi connectivity index (χ0v) is 28.8. The van der Waals surface area contributed by atoms with Crippen LogP contribution < -0.4 is 21.3 Å². The highest BCUT2D eigenvalue weighted by Crippen LogP contribution is 2.43. The van der Waals surface area contributed by atoms with Crippen LogP contribution in [0.5, 0.6) is 0 Å². The summed E-state index contributed by atoms with van der Waals surface area (Å²) in [6.45, 7) is 12.7. The molecule has 0 spiro atoms.